The molecule has 1 saturated carbocycles. The fourth-order valence-electron chi connectivity index (χ4n) is 3.45. The van der Waals surface area contributed by atoms with Crippen LogP contribution >= 0.6 is 11.3 Å². The van der Waals surface area contributed by atoms with Gasteiger partial charge in [0.05, 0.1) is 25.5 Å². The number of aliphatic hydroxyl groups is 1. The van der Waals surface area contributed by atoms with E-state index in [9.17, 15) is 9.90 Å². The average Bonchev–Trinajstić information content (AvgIpc) is 3.34. The number of aromatic nitrogens is 1. The van der Waals surface area contributed by atoms with E-state index in [4.69, 9.17) is 9.72 Å². The van der Waals surface area contributed by atoms with Crippen molar-refractivity contribution < 1.29 is 14.6 Å². The summed E-state index contributed by atoms with van der Waals surface area (Å²) in [5.41, 5.74) is 3.38. The third-order valence-electron chi connectivity index (χ3n) is 5.11. The molecular formula is C19H22N2O3S. The Bertz CT molecular complexity index is 780. The van der Waals surface area contributed by atoms with Crippen molar-refractivity contribution in [2.45, 2.75) is 44.8 Å². The molecule has 5 nitrogen and oxygen atoms in total. The summed E-state index contributed by atoms with van der Waals surface area (Å²) in [4.78, 5) is 19.9. The third kappa shape index (κ3) is 2.93. The lowest BCUT2D eigenvalue weighted by Gasteiger charge is -2.24. The fourth-order valence-corrected chi connectivity index (χ4v) is 4.84. The van der Waals surface area contributed by atoms with E-state index in [0.29, 0.717) is 19.7 Å². The standard InChI is InChI=1S/C19H22N2O3S/c1-2-24-18(23)21-10-7-15-16(11-21)25-17(20-15)19(8-9-19)14-5-3-13(12-22)4-6-14/h3-6,22H,2,7-12H2,1H3. The maximum Gasteiger partial charge on any atom is 0.410 e. The Morgan fingerprint density at radius 2 is 2.12 bits per heavy atom. The van der Waals surface area contributed by atoms with Crippen molar-refractivity contribution in [3.63, 3.8) is 0 Å². The van der Waals surface area contributed by atoms with Crippen LogP contribution in [0.3, 0.4) is 0 Å². The van der Waals surface area contributed by atoms with Gasteiger partial charge in [-0.3, -0.25) is 0 Å². The van der Waals surface area contributed by atoms with E-state index in [1.807, 2.05) is 19.1 Å². The Kier molecular flexibility index (Phi) is 4.25. The normalized spacial score (nSPS) is 17.9. The Labute approximate surface area is 151 Å². The first-order valence-electron chi connectivity index (χ1n) is 8.77. The molecule has 0 unspecified atom stereocenters. The van der Waals surface area contributed by atoms with Gasteiger partial charge in [0.15, 0.2) is 0 Å². The Balaban J connectivity index is 1.57. The summed E-state index contributed by atoms with van der Waals surface area (Å²) in [6, 6.07) is 8.21. The van der Waals surface area contributed by atoms with Crippen molar-refractivity contribution in [2.75, 3.05) is 13.2 Å². The largest absolute Gasteiger partial charge is 0.450 e. The number of ether oxygens (including phenoxy) is 1. The molecule has 25 heavy (non-hydrogen) atoms. The number of fused-ring (bicyclic) bond motifs is 1. The predicted molar refractivity (Wildman–Crippen MR) is 95.6 cm³/mol. The van der Waals surface area contributed by atoms with E-state index in [2.05, 4.69) is 12.1 Å². The van der Waals surface area contributed by atoms with Crippen molar-refractivity contribution in [2.24, 2.45) is 0 Å². The second kappa shape index (κ2) is 6.42. The third-order valence-corrected chi connectivity index (χ3v) is 6.39. The Morgan fingerprint density at radius 3 is 2.76 bits per heavy atom. The van der Waals surface area contributed by atoms with Crippen molar-refractivity contribution >= 4 is 17.4 Å². The van der Waals surface area contributed by atoms with E-state index in [1.54, 1.807) is 16.2 Å². The first-order chi connectivity index (χ1) is 12.2. The topological polar surface area (TPSA) is 62.7 Å². The summed E-state index contributed by atoms with van der Waals surface area (Å²) in [5.74, 6) is 0. The average molecular weight is 358 g/mol. The van der Waals surface area contributed by atoms with Gasteiger partial charge in [-0.05, 0) is 30.9 Å². The van der Waals surface area contributed by atoms with Crippen molar-refractivity contribution in [1.29, 1.82) is 0 Å². The molecule has 0 radical (unpaired) electrons. The maximum absolute atomic E-state index is 12.0. The molecule has 0 atom stereocenters. The summed E-state index contributed by atoms with van der Waals surface area (Å²) in [6.45, 7) is 3.58. The monoisotopic (exact) mass is 358 g/mol. The lowest BCUT2D eigenvalue weighted by atomic mass is 9.95. The molecular weight excluding hydrogens is 336 g/mol. The van der Waals surface area contributed by atoms with Crippen LogP contribution in [-0.2, 0) is 29.7 Å². The molecule has 0 spiro atoms. The van der Waals surface area contributed by atoms with E-state index >= 15 is 0 Å². The minimum Gasteiger partial charge on any atom is -0.450 e. The van der Waals surface area contributed by atoms with Crippen LogP contribution in [0.2, 0.25) is 0 Å². The van der Waals surface area contributed by atoms with Crippen molar-refractivity contribution in [3.05, 3.63) is 51.0 Å². The van der Waals surface area contributed by atoms with Crippen LogP contribution in [0, 0.1) is 0 Å². The second-order valence-corrected chi connectivity index (χ2v) is 7.78. The summed E-state index contributed by atoms with van der Waals surface area (Å²) >= 11 is 1.74. The number of nitrogens with zero attached hydrogens (tertiary/aromatic N) is 2. The zero-order chi connectivity index (χ0) is 17.4. The minimum atomic E-state index is -0.233. The molecule has 132 valence electrons. The van der Waals surface area contributed by atoms with Gasteiger partial charge < -0.3 is 14.7 Å². The number of hydrogen-bond acceptors (Lipinski definition) is 5. The minimum absolute atomic E-state index is 0.0325. The van der Waals surface area contributed by atoms with Gasteiger partial charge in [-0.1, -0.05) is 24.3 Å². The van der Waals surface area contributed by atoms with Gasteiger partial charge in [0.25, 0.3) is 0 Å². The van der Waals surface area contributed by atoms with Gasteiger partial charge in [0.1, 0.15) is 5.01 Å². The lowest BCUT2D eigenvalue weighted by molar-refractivity contribution is 0.103. The van der Waals surface area contributed by atoms with Crippen LogP contribution in [0.5, 0.6) is 0 Å². The summed E-state index contributed by atoms with van der Waals surface area (Å²) in [6.07, 6.45) is 2.78. The summed E-state index contributed by atoms with van der Waals surface area (Å²) < 4.78 is 5.12. The van der Waals surface area contributed by atoms with E-state index in [-0.39, 0.29) is 18.1 Å². The number of rotatable bonds is 4. The molecule has 0 bridgehead atoms. The number of carbonyl (C=O) groups excluding carboxylic acids is 1. The molecule has 1 N–H and O–H groups in total. The number of amides is 1. The number of aliphatic hydroxyl groups excluding tert-OH is 1. The molecule has 1 aliphatic heterocycles. The lowest BCUT2D eigenvalue weighted by Crippen LogP contribution is -2.35. The van der Waals surface area contributed by atoms with Crippen molar-refractivity contribution in [3.8, 4) is 0 Å². The highest BCUT2D eigenvalue weighted by atomic mass is 32.1. The number of carbonyl (C=O) groups is 1. The van der Waals surface area contributed by atoms with E-state index in [1.165, 1.54) is 15.4 Å². The van der Waals surface area contributed by atoms with Gasteiger partial charge in [0.2, 0.25) is 0 Å². The van der Waals surface area contributed by atoms with Gasteiger partial charge in [-0.25, -0.2) is 9.78 Å². The molecule has 0 saturated heterocycles. The number of hydrogen-bond donors (Lipinski definition) is 1. The molecule has 2 heterocycles. The molecule has 6 heteroatoms. The summed E-state index contributed by atoms with van der Waals surface area (Å²) in [7, 11) is 0. The van der Waals surface area contributed by atoms with Gasteiger partial charge in [-0.15, -0.1) is 11.3 Å². The zero-order valence-corrected chi connectivity index (χ0v) is 15.1. The molecule has 2 aliphatic rings. The van der Waals surface area contributed by atoms with Crippen LogP contribution in [-0.4, -0.2) is 34.2 Å². The first kappa shape index (κ1) is 16.5. The second-order valence-electron chi connectivity index (χ2n) is 6.70. The molecule has 4 rings (SSSR count). The van der Waals surface area contributed by atoms with Gasteiger partial charge in [-0.2, -0.15) is 0 Å². The SMILES string of the molecule is CCOC(=O)N1CCc2nc(C3(c4ccc(CO)cc4)CC3)sc2C1. The molecule has 1 amide bonds. The van der Waals surface area contributed by atoms with Gasteiger partial charge >= 0.3 is 6.09 Å². The fraction of sp³-hybridized carbons (Fsp3) is 0.474. The number of benzene rings is 1. The first-order valence-corrected chi connectivity index (χ1v) is 9.59. The highest BCUT2D eigenvalue weighted by Crippen LogP contribution is 2.55. The molecule has 1 fully saturated rings. The van der Waals surface area contributed by atoms with Crippen LogP contribution < -0.4 is 0 Å². The molecule has 1 aromatic heterocycles. The highest BCUT2D eigenvalue weighted by Gasteiger charge is 2.49. The molecule has 1 aliphatic carbocycles. The zero-order valence-electron chi connectivity index (χ0n) is 14.3. The predicted octanol–water partition coefficient (Wildman–Crippen LogP) is 3.23. The van der Waals surface area contributed by atoms with Crippen LogP contribution in [0.15, 0.2) is 24.3 Å². The highest BCUT2D eigenvalue weighted by molar-refractivity contribution is 7.12. The van der Waals surface area contributed by atoms with Crippen LogP contribution in [0.25, 0.3) is 0 Å². The van der Waals surface area contributed by atoms with Gasteiger partial charge in [0, 0.05) is 23.3 Å². The maximum atomic E-state index is 12.0. The summed E-state index contributed by atoms with van der Waals surface area (Å²) in [5, 5.41) is 10.4. The molecule has 1 aromatic carbocycles. The quantitative estimate of drug-likeness (QED) is 0.911. The van der Waals surface area contributed by atoms with Crippen LogP contribution in [0.1, 0.15) is 46.5 Å². The Hall–Kier alpha value is -1.92. The number of thiazole rings is 1. The molecule has 2 aromatic rings. The van der Waals surface area contributed by atoms with E-state index in [0.717, 1.165) is 30.5 Å². The smallest absolute Gasteiger partial charge is 0.410 e. The van der Waals surface area contributed by atoms with Crippen LogP contribution in [0.4, 0.5) is 4.79 Å². The Morgan fingerprint density at radius 1 is 1.36 bits per heavy atom. The van der Waals surface area contributed by atoms with E-state index < -0.39 is 0 Å². The van der Waals surface area contributed by atoms with Crippen molar-refractivity contribution in [1.82, 2.24) is 9.88 Å².